The summed E-state index contributed by atoms with van der Waals surface area (Å²) in [5, 5.41) is 9.68. The molecule has 0 bridgehead atoms. The number of pyridine rings is 1. The first-order chi connectivity index (χ1) is 7.17. The van der Waals surface area contributed by atoms with Crippen molar-refractivity contribution in [1.82, 2.24) is 4.98 Å². The lowest BCUT2D eigenvalue weighted by atomic mass is 9.80. The molecule has 1 heterocycles. The first kappa shape index (κ1) is 10.4. The van der Waals surface area contributed by atoms with E-state index in [9.17, 15) is 9.90 Å². The van der Waals surface area contributed by atoms with E-state index < -0.39 is 11.4 Å². The highest BCUT2D eigenvalue weighted by Gasteiger charge is 2.44. The fourth-order valence-corrected chi connectivity index (χ4v) is 2.62. The zero-order valence-electron chi connectivity index (χ0n) is 8.24. The van der Waals surface area contributed by atoms with Crippen LogP contribution >= 0.6 is 11.6 Å². The molecule has 1 aliphatic carbocycles. The van der Waals surface area contributed by atoms with Gasteiger partial charge in [0, 0.05) is 11.8 Å². The number of rotatable bonds is 2. The van der Waals surface area contributed by atoms with Gasteiger partial charge < -0.3 is 5.11 Å². The molecule has 3 nitrogen and oxygen atoms in total. The van der Waals surface area contributed by atoms with Gasteiger partial charge in [-0.25, -0.2) is 4.98 Å². The van der Waals surface area contributed by atoms with Crippen molar-refractivity contribution in [3.63, 3.8) is 0 Å². The second-order valence-electron chi connectivity index (χ2n) is 3.94. The minimum absolute atomic E-state index is 0.321. The van der Waals surface area contributed by atoms with E-state index >= 15 is 0 Å². The molecule has 0 radical (unpaired) electrons. The topological polar surface area (TPSA) is 50.2 Å². The van der Waals surface area contributed by atoms with Crippen LogP contribution < -0.4 is 0 Å². The molecule has 0 aromatic carbocycles. The van der Waals surface area contributed by atoms with Crippen LogP contribution in [-0.2, 0) is 10.2 Å². The Labute approximate surface area is 93.1 Å². The molecule has 0 atom stereocenters. The Bertz CT molecular complexity index is 386. The Hall–Kier alpha value is -1.09. The Morgan fingerprint density at radius 2 is 2.13 bits per heavy atom. The molecule has 0 aliphatic heterocycles. The van der Waals surface area contributed by atoms with Crippen molar-refractivity contribution in [2.45, 2.75) is 31.1 Å². The van der Waals surface area contributed by atoms with Crippen LogP contribution in [0.1, 0.15) is 31.2 Å². The molecule has 15 heavy (non-hydrogen) atoms. The van der Waals surface area contributed by atoms with Gasteiger partial charge in [0.15, 0.2) is 0 Å². The predicted octanol–water partition coefficient (Wildman–Crippen LogP) is 2.63. The summed E-state index contributed by atoms with van der Waals surface area (Å²) in [4.78, 5) is 15.3. The summed E-state index contributed by atoms with van der Waals surface area (Å²) in [6.45, 7) is 0. The molecule has 2 rings (SSSR count). The third kappa shape index (κ3) is 1.61. The summed E-state index contributed by atoms with van der Waals surface area (Å²) in [5.41, 5.74) is -0.137. The van der Waals surface area contributed by atoms with Crippen LogP contribution in [0.4, 0.5) is 0 Å². The van der Waals surface area contributed by atoms with Crippen molar-refractivity contribution < 1.29 is 9.90 Å². The van der Waals surface area contributed by atoms with E-state index in [0.29, 0.717) is 23.6 Å². The van der Waals surface area contributed by atoms with Crippen LogP contribution in [0.5, 0.6) is 0 Å². The van der Waals surface area contributed by atoms with Gasteiger partial charge in [0.2, 0.25) is 0 Å². The number of nitrogens with zero attached hydrogens (tertiary/aromatic N) is 1. The first-order valence-electron chi connectivity index (χ1n) is 5.01. The molecule has 0 saturated heterocycles. The third-order valence-electron chi connectivity index (χ3n) is 3.14. The zero-order chi connectivity index (χ0) is 10.9. The van der Waals surface area contributed by atoms with Gasteiger partial charge in [-0.3, -0.25) is 4.79 Å². The number of hydrogen-bond donors (Lipinski definition) is 1. The van der Waals surface area contributed by atoms with Gasteiger partial charge in [0.1, 0.15) is 5.15 Å². The second-order valence-corrected chi connectivity index (χ2v) is 4.29. The lowest BCUT2D eigenvalue weighted by Gasteiger charge is -2.24. The number of carboxylic acid groups (broad SMARTS) is 1. The summed E-state index contributed by atoms with van der Waals surface area (Å²) < 4.78 is 0. The van der Waals surface area contributed by atoms with E-state index in [0.717, 1.165) is 12.8 Å². The van der Waals surface area contributed by atoms with Gasteiger partial charge in [-0.1, -0.05) is 30.5 Å². The Kier molecular flexibility index (Phi) is 2.65. The van der Waals surface area contributed by atoms with Crippen LogP contribution in [-0.4, -0.2) is 16.1 Å². The number of aromatic nitrogens is 1. The van der Waals surface area contributed by atoms with E-state index in [4.69, 9.17) is 11.6 Å². The second kappa shape index (κ2) is 3.81. The van der Waals surface area contributed by atoms with Crippen molar-refractivity contribution in [3.8, 4) is 0 Å². The van der Waals surface area contributed by atoms with Crippen molar-refractivity contribution in [1.29, 1.82) is 0 Å². The van der Waals surface area contributed by atoms with Gasteiger partial charge >= 0.3 is 5.97 Å². The van der Waals surface area contributed by atoms with Gasteiger partial charge in [-0.15, -0.1) is 0 Å². The molecule has 4 heteroatoms. The fraction of sp³-hybridized carbons (Fsp3) is 0.455. The van der Waals surface area contributed by atoms with Gasteiger partial charge in [0.25, 0.3) is 0 Å². The standard InChI is InChI=1S/C11H12ClNO2/c12-9-8(4-3-7-13-9)11(10(14)15)5-1-2-6-11/h3-4,7H,1-2,5-6H2,(H,14,15). The van der Waals surface area contributed by atoms with Crippen LogP contribution in [0.2, 0.25) is 5.15 Å². The number of carboxylic acids is 1. The molecule has 1 N–H and O–H groups in total. The predicted molar refractivity (Wildman–Crippen MR) is 57.0 cm³/mol. The first-order valence-corrected chi connectivity index (χ1v) is 5.39. The molecule has 1 aromatic heterocycles. The lowest BCUT2D eigenvalue weighted by Crippen LogP contribution is -2.33. The van der Waals surface area contributed by atoms with E-state index in [1.165, 1.54) is 0 Å². The van der Waals surface area contributed by atoms with Crippen LogP contribution in [0.25, 0.3) is 0 Å². The molecule has 0 spiro atoms. The SMILES string of the molecule is O=C(O)C1(c2cccnc2Cl)CCCC1. The van der Waals surface area contributed by atoms with E-state index in [1.807, 2.05) is 0 Å². The van der Waals surface area contributed by atoms with Gasteiger partial charge in [-0.05, 0) is 18.9 Å². The average molecular weight is 226 g/mol. The van der Waals surface area contributed by atoms with Crippen LogP contribution in [0.15, 0.2) is 18.3 Å². The molecular weight excluding hydrogens is 214 g/mol. The zero-order valence-corrected chi connectivity index (χ0v) is 9.00. The summed E-state index contributed by atoms with van der Waals surface area (Å²) in [5.74, 6) is -0.782. The molecule has 80 valence electrons. The van der Waals surface area contributed by atoms with Gasteiger partial charge in [0.05, 0.1) is 5.41 Å². The molecule has 1 aromatic rings. The Morgan fingerprint density at radius 3 is 2.67 bits per heavy atom. The maximum atomic E-state index is 11.4. The molecule has 0 amide bonds. The van der Waals surface area contributed by atoms with E-state index in [-0.39, 0.29) is 0 Å². The quantitative estimate of drug-likeness (QED) is 0.788. The number of aliphatic carboxylic acids is 1. The van der Waals surface area contributed by atoms with Crippen molar-refractivity contribution in [2.24, 2.45) is 0 Å². The van der Waals surface area contributed by atoms with Crippen molar-refractivity contribution in [2.75, 3.05) is 0 Å². The Balaban J connectivity index is 2.50. The van der Waals surface area contributed by atoms with Crippen molar-refractivity contribution in [3.05, 3.63) is 29.0 Å². The Morgan fingerprint density at radius 1 is 1.47 bits per heavy atom. The normalized spacial score (nSPS) is 19.0. The maximum absolute atomic E-state index is 11.4. The minimum Gasteiger partial charge on any atom is -0.481 e. The monoisotopic (exact) mass is 225 g/mol. The summed E-state index contributed by atoms with van der Waals surface area (Å²) in [6, 6.07) is 3.51. The summed E-state index contributed by atoms with van der Waals surface area (Å²) in [6.07, 6.45) is 4.78. The average Bonchev–Trinajstić information content (AvgIpc) is 2.68. The highest BCUT2D eigenvalue weighted by Crippen LogP contribution is 2.43. The maximum Gasteiger partial charge on any atom is 0.314 e. The van der Waals surface area contributed by atoms with Crippen LogP contribution in [0.3, 0.4) is 0 Å². The van der Waals surface area contributed by atoms with E-state index in [1.54, 1.807) is 18.3 Å². The number of carbonyl (C=O) groups is 1. The minimum atomic E-state index is -0.800. The van der Waals surface area contributed by atoms with E-state index in [2.05, 4.69) is 4.98 Å². The van der Waals surface area contributed by atoms with Crippen LogP contribution in [0, 0.1) is 0 Å². The summed E-state index contributed by atoms with van der Waals surface area (Å²) in [7, 11) is 0. The highest BCUT2D eigenvalue weighted by molar-refractivity contribution is 6.30. The number of hydrogen-bond acceptors (Lipinski definition) is 2. The lowest BCUT2D eigenvalue weighted by molar-refractivity contribution is -0.143. The fourth-order valence-electron chi connectivity index (χ4n) is 2.32. The summed E-state index contributed by atoms with van der Waals surface area (Å²) >= 11 is 5.96. The number of halogens is 1. The molecule has 0 unspecified atom stereocenters. The molecule has 1 fully saturated rings. The molecule has 1 saturated carbocycles. The van der Waals surface area contributed by atoms with Crippen molar-refractivity contribution >= 4 is 17.6 Å². The third-order valence-corrected chi connectivity index (χ3v) is 3.44. The smallest absolute Gasteiger partial charge is 0.314 e. The molecule has 1 aliphatic rings. The largest absolute Gasteiger partial charge is 0.481 e. The molecular formula is C11H12ClNO2. The van der Waals surface area contributed by atoms with Gasteiger partial charge in [-0.2, -0.15) is 0 Å². The highest BCUT2D eigenvalue weighted by atomic mass is 35.5.